The standard InChI is InChI=1S/C15H23ClN2O2.ClH/c1-11(2)8-15(3,10-17)18-14(19)9-20-13-6-4-12(16)5-7-13;/h4-7,11H,8-10,17H2,1-3H3,(H,18,19);1H. The number of rotatable bonds is 7. The maximum Gasteiger partial charge on any atom is 0.258 e. The Kier molecular flexibility index (Phi) is 8.71. The highest BCUT2D eigenvalue weighted by Gasteiger charge is 2.25. The van der Waals surface area contributed by atoms with Gasteiger partial charge in [0.2, 0.25) is 0 Å². The summed E-state index contributed by atoms with van der Waals surface area (Å²) >= 11 is 5.78. The SMILES string of the molecule is CC(C)CC(C)(CN)NC(=O)COc1ccc(Cl)cc1.Cl. The van der Waals surface area contributed by atoms with Gasteiger partial charge in [0, 0.05) is 17.1 Å². The molecule has 3 N–H and O–H groups in total. The highest BCUT2D eigenvalue weighted by Crippen LogP contribution is 2.17. The van der Waals surface area contributed by atoms with Crippen LogP contribution in [0.4, 0.5) is 0 Å². The molecule has 0 heterocycles. The van der Waals surface area contributed by atoms with Crippen LogP contribution < -0.4 is 15.8 Å². The topological polar surface area (TPSA) is 64.3 Å². The summed E-state index contributed by atoms with van der Waals surface area (Å²) in [6.45, 7) is 6.52. The second-order valence-electron chi connectivity index (χ2n) is 5.65. The highest BCUT2D eigenvalue weighted by atomic mass is 35.5. The molecule has 1 atom stereocenters. The summed E-state index contributed by atoms with van der Waals surface area (Å²) in [5, 5.41) is 3.57. The van der Waals surface area contributed by atoms with Gasteiger partial charge in [0.1, 0.15) is 5.75 Å². The van der Waals surface area contributed by atoms with E-state index in [1.807, 2.05) is 6.92 Å². The molecule has 0 aromatic heterocycles. The van der Waals surface area contributed by atoms with E-state index in [0.29, 0.717) is 23.2 Å². The fourth-order valence-corrected chi connectivity index (χ4v) is 2.26. The molecule has 1 aromatic rings. The Bertz CT molecular complexity index is 438. The highest BCUT2D eigenvalue weighted by molar-refractivity contribution is 6.30. The van der Waals surface area contributed by atoms with E-state index < -0.39 is 5.54 Å². The van der Waals surface area contributed by atoms with Gasteiger partial charge in [-0.15, -0.1) is 12.4 Å². The summed E-state index contributed by atoms with van der Waals surface area (Å²) in [6.07, 6.45) is 0.830. The number of ether oxygens (including phenoxy) is 1. The van der Waals surface area contributed by atoms with Crippen LogP contribution in [0, 0.1) is 5.92 Å². The zero-order chi connectivity index (χ0) is 15.2. The summed E-state index contributed by atoms with van der Waals surface area (Å²) in [4.78, 5) is 11.9. The van der Waals surface area contributed by atoms with Crippen LogP contribution in [0.5, 0.6) is 5.75 Å². The van der Waals surface area contributed by atoms with Crippen LogP contribution in [0.25, 0.3) is 0 Å². The molecule has 6 heteroatoms. The molecule has 0 bridgehead atoms. The predicted octanol–water partition coefficient (Wildman–Crippen LogP) is 3.02. The zero-order valence-corrected chi connectivity index (χ0v) is 14.3. The Labute approximate surface area is 137 Å². The van der Waals surface area contributed by atoms with E-state index >= 15 is 0 Å². The first-order valence-corrected chi connectivity index (χ1v) is 7.12. The molecule has 1 rings (SSSR count). The Balaban J connectivity index is 0.00000400. The fourth-order valence-electron chi connectivity index (χ4n) is 2.14. The van der Waals surface area contributed by atoms with Crippen LogP contribution in [0.1, 0.15) is 27.2 Å². The first kappa shape index (κ1) is 20.0. The molecule has 0 aliphatic carbocycles. The zero-order valence-electron chi connectivity index (χ0n) is 12.7. The molecule has 1 unspecified atom stereocenters. The molecular formula is C15H24Cl2N2O2. The third-order valence-corrected chi connectivity index (χ3v) is 3.19. The van der Waals surface area contributed by atoms with E-state index in [1.54, 1.807) is 24.3 Å². The molecule has 0 aliphatic rings. The largest absolute Gasteiger partial charge is 0.484 e. The van der Waals surface area contributed by atoms with Gasteiger partial charge < -0.3 is 15.8 Å². The summed E-state index contributed by atoms with van der Waals surface area (Å²) < 4.78 is 5.41. The minimum absolute atomic E-state index is 0. The number of carbonyl (C=O) groups excluding carboxylic acids is 1. The van der Waals surface area contributed by atoms with E-state index in [1.165, 1.54) is 0 Å². The van der Waals surface area contributed by atoms with Crippen molar-refractivity contribution in [3.8, 4) is 5.75 Å². The maximum absolute atomic E-state index is 11.9. The van der Waals surface area contributed by atoms with Crippen molar-refractivity contribution in [1.82, 2.24) is 5.32 Å². The van der Waals surface area contributed by atoms with Crippen LogP contribution in [-0.2, 0) is 4.79 Å². The first-order chi connectivity index (χ1) is 9.34. The molecular weight excluding hydrogens is 311 g/mol. The van der Waals surface area contributed by atoms with Gasteiger partial charge in [-0.05, 0) is 43.5 Å². The number of carbonyl (C=O) groups is 1. The summed E-state index contributed by atoms with van der Waals surface area (Å²) in [5.74, 6) is 0.900. The smallest absolute Gasteiger partial charge is 0.258 e. The number of halogens is 2. The molecule has 1 aromatic carbocycles. The van der Waals surface area contributed by atoms with E-state index in [4.69, 9.17) is 22.1 Å². The van der Waals surface area contributed by atoms with E-state index in [-0.39, 0.29) is 24.9 Å². The summed E-state index contributed by atoms with van der Waals surface area (Å²) in [7, 11) is 0. The first-order valence-electron chi connectivity index (χ1n) is 6.74. The van der Waals surface area contributed by atoms with Crippen LogP contribution in [0.15, 0.2) is 24.3 Å². The minimum atomic E-state index is -0.394. The third-order valence-electron chi connectivity index (χ3n) is 2.93. The lowest BCUT2D eigenvalue weighted by Crippen LogP contribution is -2.53. The van der Waals surface area contributed by atoms with Crippen molar-refractivity contribution < 1.29 is 9.53 Å². The molecule has 0 fully saturated rings. The summed E-state index contributed by atoms with van der Waals surface area (Å²) in [5.41, 5.74) is 5.36. The van der Waals surface area contributed by atoms with E-state index in [0.717, 1.165) is 6.42 Å². The lowest BCUT2D eigenvalue weighted by Gasteiger charge is -2.31. The fraction of sp³-hybridized carbons (Fsp3) is 0.533. The average Bonchev–Trinajstić information content (AvgIpc) is 2.37. The molecule has 0 saturated carbocycles. The van der Waals surface area contributed by atoms with Gasteiger partial charge in [0.05, 0.1) is 0 Å². The van der Waals surface area contributed by atoms with Crippen molar-refractivity contribution in [2.75, 3.05) is 13.2 Å². The van der Waals surface area contributed by atoms with Crippen molar-refractivity contribution in [3.05, 3.63) is 29.3 Å². The van der Waals surface area contributed by atoms with E-state index in [2.05, 4.69) is 19.2 Å². The predicted molar refractivity (Wildman–Crippen MR) is 89.3 cm³/mol. The van der Waals surface area contributed by atoms with Gasteiger partial charge in [-0.25, -0.2) is 0 Å². The van der Waals surface area contributed by atoms with Crippen LogP contribution in [-0.4, -0.2) is 24.6 Å². The molecule has 0 radical (unpaired) electrons. The second kappa shape index (κ2) is 9.13. The number of hydrogen-bond donors (Lipinski definition) is 2. The Morgan fingerprint density at radius 3 is 2.43 bits per heavy atom. The lowest BCUT2D eigenvalue weighted by molar-refractivity contribution is -0.125. The molecule has 0 aliphatic heterocycles. The number of nitrogens with one attached hydrogen (secondary N) is 1. The molecule has 0 saturated heterocycles. The van der Waals surface area contributed by atoms with Crippen LogP contribution in [0.3, 0.4) is 0 Å². The van der Waals surface area contributed by atoms with Gasteiger partial charge in [-0.2, -0.15) is 0 Å². The summed E-state index contributed by atoms with van der Waals surface area (Å²) in [6, 6.07) is 6.90. The number of nitrogens with two attached hydrogens (primary N) is 1. The normalized spacial score (nSPS) is 13.2. The van der Waals surface area contributed by atoms with Gasteiger partial charge in [-0.3, -0.25) is 4.79 Å². The van der Waals surface area contributed by atoms with Crippen LogP contribution >= 0.6 is 24.0 Å². The van der Waals surface area contributed by atoms with Gasteiger partial charge in [-0.1, -0.05) is 25.4 Å². The van der Waals surface area contributed by atoms with Crippen molar-refractivity contribution >= 4 is 29.9 Å². The van der Waals surface area contributed by atoms with E-state index in [9.17, 15) is 4.79 Å². The number of benzene rings is 1. The van der Waals surface area contributed by atoms with Gasteiger partial charge in [0.15, 0.2) is 6.61 Å². The molecule has 120 valence electrons. The van der Waals surface area contributed by atoms with Gasteiger partial charge >= 0.3 is 0 Å². The molecule has 1 amide bonds. The monoisotopic (exact) mass is 334 g/mol. The van der Waals surface area contributed by atoms with Crippen molar-refractivity contribution in [1.29, 1.82) is 0 Å². The second-order valence-corrected chi connectivity index (χ2v) is 6.09. The molecule has 0 spiro atoms. The van der Waals surface area contributed by atoms with Crippen molar-refractivity contribution in [2.24, 2.45) is 11.7 Å². The Morgan fingerprint density at radius 1 is 1.38 bits per heavy atom. The lowest BCUT2D eigenvalue weighted by atomic mass is 9.91. The number of amides is 1. The number of hydrogen-bond acceptors (Lipinski definition) is 3. The van der Waals surface area contributed by atoms with Gasteiger partial charge in [0.25, 0.3) is 5.91 Å². The molecule has 21 heavy (non-hydrogen) atoms. The van der Waals surface area contributed by atoms with Crippen molar-refractivity contribution in [2.45, 2.75) is 32.7 Å². The Hall–Kier alpha value is -0.970. The maximum atomic E-state index is 11.9. The Morgan fingerprint density at radius 2 is 1.95 bits per heavy atom. The molecule has 4 nitrogen and oxygen atoms in total. The average molecular weight is 335 g/mol. The third kappa shape index (κ3) is 7.55. The van der Waals surface area contributed by atoms with Crippen LogP contribution in [0.2, 0.25) is 5.02 Å². The minimum Gasteiger partial charge on any atom is -0.484 e. The quantitative estimate of drug-likeness (QED) is 0.805. The van der Waals surface area contributed by atoms with Crippen molar-refractivity contribution in [3.63, 3.8) is 0 Å².